The van der Waals surface area contributed by atoms with Crippen LogP contribution in [0.1, 0.15) is 17.4 Å². The third kappa shape index (κ3) is 3.24. The van der Waals surface area contributed by atoms with Gasteiger partial charge < -0.3 is 15.5 Å². The summed E-state index contributed by atoms with van der Waals surface area (Å²) in [6, 6.07) is 0. The average molecular weight is 314 g/mol. The Kier molecular flexibility index (Phi) is 5.19. The number of carbonyl (C=O) groups excluding carboxylic acids is 1. The SMILES string of the molecule is CC(CO)(CO)NC(=O)c1ncc(Cl)c(Cl)c1Cl. The summed E-state index contributed by atoms with van der Waals surface area (Å²) in [4.78, 5) is 15.6. The van der Waals surface area contributed by atoms with Gasteiger partial charge in [0.1, 0.15) is 5.69 Å². The Hall–Kier alpha value is -0.590. The first kappa shape index (κ1) is 15.5. The third-order valence-corrected chi connectivity index (χ3v) is 3.49. The molecule has 0 fully saturated rings. The largest absolute Gasteiger partial charge is 0.394 e. The molecular weight excluding hydrogens is 302 g/mol. The van der Waals surface area contributed by atoms with Gasteiger partial charge in [-0.15, -0.1) is 0 Å². The van der Waals surface area contributed by atoms with Crippen LogP contribution in [0, 0.1) is 0 Å². The van der Waals surface area contributed by atoms with Gasteiger partial charge in [-0.1, -0.05) is 34.8 Å². The molecule has 0 radical (unpaired) electrons. The van der Waals surface area contributed by atoms with E-state index in [0.717, 1.165) is 0 Å². The maximum Gasteiger partial charge on any atom is 0.272 e. The van der Waals surface area contributed by atoms with E-state index in [1.165, 1.54) is 13.1 Å². The zero-order chi connectivity index (χ0) is 13.9. The lowest BCUT2D eigenvalue weighted by atomic mass is 10.1. The predicted octanol–water partition coefficient (Wildman–Crippen LogP) is 1.51. The highest BCUT2D eigenvalue weighted by Crippen LogP contribution is 2.31. The van der Waals surface area contributed by atoms with Crippen molar-refractivity contribution in [2.24, 2.45) is 0 Å². The van der Waals surface area contributed by atoms with Crippen LogP contribution in [0.25, 0.3) is 0 Å². The number of rotatable bonds is 4. The number of amides is 1. The van der Waals surface area contributed by atoms with E-state index in [0.29, 0.717) is 0 Å². The van der Waals surface area contributed by atoms with Crippen LogP contribution in [0.15, 0.2) is 6.20 Å². The first-order chi connectivity index (χ1) is 8.34. The fraction of sp³-hybridized carbons (Fsp3) is 0.400. The van der Waals surface area contributed by atoms with Gasteiger partial charge in [0.05, 0.1) is 33.8 Å². The highest BCUT2D eigenvalue weighted by atomic mass is 35.5. The highest BCUT2D eigenvalue weighted by molar-refractivity contribution is 6.48. The number of halogens is 3. The van der Waals surface area contributed by atoms with E-state index in [1.807, 2.05) is 0 Å². The van der Waals surface area contributed by atoms with Gasteiger partial charge in [-0.3, -0.25) is 4.79 Å². The topological polar surface area (TPSA) is 82.5 Å². The van der Waals surface area contributed by atoms with Crippen molar-refractivity contribution in [3.8, 4) is 0 Å². The number of aliphatic hydroxyl groups excluding tert-OH is 2. The Balaban J connectivity index is 3.02. The standard InChI is InChI=1S/C10H11Cl3N2O3/c1-10(3-16,4-17)15-9(18)8-7(13)6(12)5(11)2-14-8/h2,16-17H,3-4H2,1H3,(H,15,18). The quantitative estimate of drug-likeness (QED) is 0.787. The summed E-state index contributed by atoms with van der Waals surface area (Å²) in [5.41, 5.74) is -1.30. The molecule has 5 nitrogen and oxygen atoms in total. The average Bonchev–Trinajstić information content (AvgIpc) is 2.35. The maximum absolute atomic E-state index is 11.9. The predicted molar refractivity (Wildman–Crippen MR) is 69.3 cm³/mol. The van der Waals surface area contributed by atoms with Gasteiger partial charge in [-0.25, -0.2) is 4.98 Å². The molecule has 0 aliphatic carbocycles. The van der Waals surface area contributed by atoms with Gasteiger partial charge in [0.2, 0.25) is 0 Å². The molecule has 1 amide bonds. The second kappa shape index (κ2) is 6.04. The van der Waals surface area contributed by atoms with Crippen LogP contribution in [0.3, 0.4) is 0 Å². The molecule has 0 saturated carbocycles. The number of carbonyl (C=O) groups is 1. The van der Waals surface area contributed by atoms with Gasteiger partial charge in [0.15, 0.2) is 0 Å². The summed E-state index contributed by atoms with van der Waals surface area (Å²) >= 11 is 17.3. The molecule has 18 heavy (non-hydrogen) atoms. The van der Waals surface area contributed by atoms with E-state index in [9.17, 15) is 4.79 Å². The molecule has 1 heterocycles. The van der Waals surface area contributed by atoms with Crippen LogP contribution in [-0.2, 0) is 0 Å². The summed E-state index contributed by atoms with van der Waals surface area (Å²) < 4.78 is 0. The van der Waals surface area contributed by atoms with Crippen LogP contribution in [0.2, 0.25) is 15.1 Å². The van der Waals surface area contributed by atoms with Gasteiger partial charge in [-0.05, 0) is 6.92 Å². The summed E-state index contributed by atoms with van der Waals surface area (Å²) in [6.45, 7) is 0.596. The van der Waals surface area contributed by atoms with Crippen molar-refractivity contribution in [2.45, 2.75) is 12.5 Å². The molecular formula is C10H11Cl3N2O3. The minimum Gasteiger partial charge on any atom is -0.394 e. The number of nitrogens with one attached hydrogen (secondary N) is 1. The molecule has 3 N–H and O–H groups in total. The first-order valence-electron chi connectivity index (χ1n) is 4.88. The van der Waals surface area contributed by atoms with Crippen LogP contribution in [-0.4, -0.2) is 39.9 Å². The first-order valence-corrected chi connectivity index (χ1v) is 6.02. The highest BCUT2D eigenvalue weighted by Gasteiger charge is 2.27. The van der Waals surface area contributed by atoms with E-state index in [-0.39, 0.29) is 20.8 Å². The molecule has 0 aromatic carbocycles. The Morgan fingerprint density at radius 3 is 2.39 bits per heavy atom. The van der Waals surface area contributed by atoms with Gasteiger partial charge >= 0.3 is 0 Å². The van der Waals surface area contributed by atoms with Crippen molar-refractivity contribution in [1.82, 2.24) is 10.3 Å². The number of pyridine rings is 1. The molecule has 0 saturated heterocycles. The molecule has 8 heteroatoms. The Bertz CT molecular complexity index is 464. The molecule has 0 aliphatic rings. The molecule has 0 unspecified atom stereocenters. The van der Waals surface area contributed by atoms with Crippen molar-refractivity contribution < 1.29 is 15.0 Å². The van der Waals surface area contributed by atoms with Crippen LogP contribution < -0.4 is 5.32 Å². The van der Waals surface area contributed by atoms with Crippen LogP contribution in [0.5, 0.6) is 0 Å². The van der Waals surface area contributed by atoms with Crippen molar-refractivity contribution in [2.75, 3.05) is 13.2 Å². The number of nitrogens with zero attached hydrogens (tertiary/aromatic N) is 1. The minimum atomic E-state index is -1.17. The smallest absolute Gasteiger partial charge is 0.272 e. The Morgan fingerprint density at radius 1 is 1.33 bits per heavy atom. The summed E-state index contributed by atoms with van der Waals surface area (Å²) in [5, 5.41) is 20.6. The second-order valence-corrected chi connectivity index (χ2v) is 5.08. The van der Waals surface area contributed by atoms with Crippen LogP contribution in [0.4, 0.5) is 0 Å². The molecule has 1 aromatic rings. The molecule has 0 atom stereocenters. The summed E-state index contributed by atoms with van der Waals surface area (Å²) in [5.74, 6) is -0.663. The fourth-order valence-electron chi connectivity index (χ4n) is 1.06. The summed E-state index contributed by atoms with van der Waals surface area (Å²) in [7, 11) is 0. The van der Waals surface area contributed by atoms with Gasteiger partial charge in [0.25, 0.3) is 5.91 Å². The lowest BCUT2D eigenvalue weighted by Crippen LogP contribution is -2.52. The van der Waals surface area contributed by atoms with Crippen molar-refractivity contribution in [1.29, 1.82) is 0 Å². The number of aromatic nitrogens is 1. The van der Waals surface area contributed by atoms with E-state index >= 15 is 0 Å². The molecule has 1 rings (SSSR count). The molecule has 1 aromatic heterocycles. The van der Waals surface area contributed by atoms with Gasteiger partial charge in [-0.2, -0.15) is 0 Å². The van der Waals surface area contributed by atoms with E-state index < -0.39 is 24.7 Å². The maximum atomic E-state index is 11.9. The summed E-state index contributed by atoms with van der Waals surface area (Å²) in [6.07, 6.45) is 1.19. The number of hydrogen-bond acceptors (Lipinski definition) is 4. The van der Waals surface area contributed by atoms with Crippen molar-refractivity contribution in [3.05, 3.63) is 27.0 Å². The Morgan fingerprint density at radius 2 is 1.89 bits per heavy atom. The van der Waals surface area contributed by atoms with Crippen LogP contribution >= 0.6 is 34.8 Å². The normalized spacial score (nSPS) is 11.4. The molecule has 100 valence electrons. The van der Waals surface area contributed by atoms with Gasteiger partial charge in [0, 0.05) is 6.20 Å². The zero-order valence-electron chi connectivity index (χ0n) is 9.38. The zero-order valence-corrected chi connectivity index (χ0v) is 11.6. The molecule has 0 aliphatic heterocycles. The third-order valence-electron chi connectivity index (χ3n) is 2.25. The lowest BCUT2D eigenvalue weighted by molar-refractivity contribution is 0.0719. The monoisotopic (exact) mass is 312 g/mol. The van der Waals surface area contributed by atoms with E-state index in [4.69, 9.17) is 45.0 Å². The molecule has 0 spiro atoms. The van der Waals surface area contributed by atoms with Crippen molar-refractivity contribution >= 4 is 40.7 Å². The fourth-order valence-corrected chi connectivity index (χ4v) is 1.63. The van der Waals surface area contributed by atoms with E-state index in [2.05, 4.69) is 10.3 Å². The minimum absolute atomic E-state index is 0.0215. The number of aliphatic hydroxyl groups is 2. The van der Waals surface area contributed by atoms with E-state index in [1.54, 1.807) is 0 Å². The lowest BCUT2D eigenvalue weighted by Gasteiger charge is -2.26. The van der Waals surface area contributed by atoms with Crippen molar-refractivity contribution in [3.63, 3.8) is 0 Å². The second-order valence-electron chi connectivity index (χ2n) is 3.91. The number of hydrogen-bond donors (Lipinski definition) is 3. The molecule has 0 bridgehead atoms. The Labute approximate surface area is 119 Å².